The molecule has 0 N–H and O–H groups in total. The van der Waals surface area contributed by atoms with Crippen molar-refractivity contribution in [1.29, 1.82) is 0 Å². The normalized spacial score (nSPS) is 12.5. The standard InChI is InChI=1S/C72H83N3/c1-6-9-12-15-16-17-18-19-20-23-26-55-30-38-60(39-31-55)70-73-69(59-36-27-53(4)28-37-59)74-71(75-70)61-42-40-58(41-43-61)62-44-50-66-65-49-29-54(5)51-67(65)72(68(66)52-62,63-45-32-56(33-46-63)24-21-13-10-7-2)64-47-34-57(35-48-64)25-22-14-11-8-3/h27-52H,6-26H2,1-5H3. The van der Waals surface area contributed by atoms with E-state index in [0.29, 0.717) is 17.5 Å². The molecule has 386 valence electrons. The van der Waals surface area contributed by atoms with Crippen LogP contribution in [0.4, 0.5) is 0 Å². The van der Waals surface area contributed by atoms with Crippen LogP contribution in [0, 0.1) is 13.8 Å². The highest BCUT2D eigenvalue weighted by atomic mass is 15.0. The number of aryl methyl sites for hydroxylation is 5. The molecule has 0 bridgehead atoms. The van der Waals surface area contributed by atoms with E-state index in [9.17, 15) is 0 Å². The monoisotopic (exact) mass is 990 g/mol. The Bertz CT molecular complexity index is 2980. The fourth-order valence-corrected chi connectivity index (χ4v) is 11.7. The molecule has 1 aromatic heterocycles. The van der Waals surface area contributed by atoms with Gasteiger partial charge in [-0.2, -0.15) is 0 Å². The van der Waals surface area contributed by atoms with Crippen molar-refractivity contribution in [2.24, 2.45) is 0 Å². The largest absolute Gasteiger partial charge is 0.208 e. The predicted octanol–water partition coefficient (Wildman–Crippen LogP) is 20.2. The fourth-order valence-electron chi connectivity index (χ4n) is 11.7. The molecular formula is C72H83N3. The highest BCUT2D eigenvalue weighted by Crippen LogP contribution is 2.57. The molecule has 9 rings (SSSR count). The summed E-state index contributed by atoms with van der Waals surface area (Å²) in [6, 6.07) is 60.1. The number of hydrogen-bond acceptors (Lipinski definition) is 3. The molecule has 0 saturated heterocycles. The van der Waals surface area contributed by atoms with E-state index in [1.54, 1.807) is 0 Å². The van der Waals surface area contributed by atoms with Crippen LogP contribution in [0.25, 0.3) is 56.4 Å². The van der Waals surface area contributed by atoms with E-state index >= 15 is 0 Å². The minimum absolute atomic E-state index is 0.479. The summed E-state index contributed by atoms with van der Waals surface area (Å²) in [6.45, 7) is 11.2. The van der Waals surface area contributed by atoms with Gasteiger partial charge in [-0.25, -0.2) is 15.0 Å². The second kappa shape index (κ2) is 26.4. The fraction of sp³-hybridized carbons (Fsp3) is 0.375. The van der Waals surface area contributed by atoms with Gasteiger partial charge in [0.15, 0.2) is 17.5 Å². The summed E-state index contributed by atoms with van der Waals surface area (Å²) in [6.07, 6.45) is 27.1. The van der Waals surface area contributed by atoms with Gasteiger partial charge in [0.25, 0.3) is 0 Å². The van der Waals surface area contributed by atoms with E-state index in [1.165, 1.54) is 188 Å². The molecule has 0 fully saturated rings. The highest BCUT2D eigenvalue weighted by molar-refractivity contribution is 5.89. The summed E-state index contributed by atoms with van der Waals surface area (Å²) in [5.74, 6) is 2.06. The van der Waals surface area contributed by atoms with Crippen molar-refractivity contribution >= 4 is 0 Å². The molecule has 8 aromatic rings. The van der Waals surface area contributed by atoms with Gasteiger partial charge in [0.1, 0.15) is 0 Å². The molecule has 0 saturated carbocycles. The van der Waals surface area contributed by atoms with E-state index in [-0.39, 0.29) is 0 Å². The van der Waals surface area contributed by atoms with Gasteiger partial charge in [-0.05, 0) is 120 Å². The average molecular weight is 990 g/mol. The third-order valence-electron chi connectivity index (χ3n) is 16.2. The van der Waals surface area contributed by atoms with Gasteiger partial charge in [-0.1, -0.05) is 280 Å². The topological polar surface area (TPSA) is 38.7 Å². The van der Waals surface area contributed by atoms with E-state index in [0.717, 1.165) is 36.0 Å². The molecule has 3 nitrogen and oxygen atoms in total. The van der Waals surface area contributed by atoms with Crippen LogP contribution in [-0.2, 0) is 24.7 Å². The number of nitrogens with zero attached hydrogens (tertiary/aromatic N) is 3. The maximum absolute atomic E-state index is 5.18. The average Bonchev–Trinajstić information content (AvgIpc) is 3.78. The molecule has 0 spiro atoms. The molecule has 3 heteroatoms. The van der Waals surface area contributed by atoms with Crippen LogP contribution < -0.4 is 0 Å². The van der Waals surface area contributed by atoms with E-state index in [2.05, 4.69) is 192 Å². The zero-order valence-electron chi connectivity index (χ0n) is 46.2. The summed E-state index contributed by atoms with van der Waals surface area (Å²) in [5.41, 5.74) is 19.6. The molecule has 0 aliphatic heterocycles. The van der Waals surface area contributed by atoms with Crippen molar-refractivity contribution in [2.75, 3.05) is 0 Å². The summed E-state index contributed by atoms with van der Waals surface area (Å²) in [5, 5.41) is 0. The molecule has 0 radical (unpaired) electrons. The molecule has 75 heavy (non-hydrogen) atoms. The van der Waals surface area contributed by atoms with E-state index in [4.69, 9.17) is 15.0 Å². The van der Waals surface area contributed by atoms with Crippen molar-refractivity contribution < 1.29 is 0 Å². The van der Waals surface area contributed by atoms with Gasteiger partial charge in [0, 0.05) is 16.7 Å². The number of benzene rings is 7. The Morgan fingerprint density at radius 3 is 1.07 bits per heavy atom. The number of hydrogen-bond donors (Lipinski definition) is 0. The zero-order chi connectivity index (χ0) is 51.8. The highest BCUT2D eigenvalue weighted by Gasteiger charge is 2.46. The third kappa shape index (κ3) is 13.0. The molecule has 0 atom stereocenters. The van der Waals surface area contributed by atoms with Gasteiger partial charge in [0.2, 0.25) is 0 Å². The second-order valence-electron chi connectivity index (χ2n) is 22.0. The minimum Gasteiger partial charge on any atom is -0.208 e. The van der Waals surface area contributed by atoms with Gasteiger partial charge < -0.3 is 0 Å². The van der Waals surface area contributed by atoms with Crippen molar-refractivity contribution in [3.63, 3.8) is 0 Å². The maximum atomic E-state index is 5.18. The Morgan fingerprint density at radius 2 is 0.613 bits per heavy atom. The third-order valence-corrected chi connectivity index (χ3v) is 16.2. The van der Waals surface area contributed by atoms with Crippen molar-refractivity contribution in [1.82, 2.24) is 15.0 Å². The lowest BCUT2D eigenvalue weighted by atomic mass is 9.67. The quantitative estimate of drug-likeness (QED) is 0.0482. The number of fused-ring (bicyclic) bond motifs is 3. The summed E-state index contributed by atoms with van der Waals surface area (Å²) < 4.78 is 0. The number of unbranched alkanes of at least 4 members (excludes halogenated alkanes) is 15. The maximum Gasteiger partial charge on any atom is 0.164 e. The van der Waals surface area contributed by atoms with Crippen LogP contribution >= 0.6 is 0 Å². The summed E-state index contributed by atoms with van der Waals surface area (Å²) in [4.78, 5) is 15.4. The number of aromatic nitrogens is 3. The van der Waals surface area contributed by atoms with Crippen molar-refractivity contribution in [2.45, 2.75) is 175 Å². The van der Waals surface area contributed by atoms with Crippen LogP contribution in [0.1, 0.15) is 186 Å². The molecule has 7 aromatic carbocycles. The van der Waals surface area contributed by atoms with Crippen molar-refractivity contribution in [3.05, 3.63) is 208 Å². The van der Waals surface area contributed by atoms with Gasteiger partial charge in [-0.3, -0.25) is 0 Å². The van der Waals surface area contributed by atoms with Crippen molar-refractivity contribution in [3.8, 4) is 56.4 Å². The number of rotatable bonds is 27. The van der Waals surface area contributed by atoms with Crippen LogP contribution in [0.2, 0.25) is 0 Å². The molecule has 1 aliphatic rings. The Morgan fingerprint density at radius 1 is 0.293 bits per heavy atom. The van der Waals surface area contributed by atoms with Crippen LogP contribution in [0.5, 0.6) is 0 Å². The molecular weight excluding hydrogens is 907 g/mol. The lowest BCUT2D eigenvalue weighted by molar-refractivity contribution is 0.556. The second-order valence-corrected chi connectivity index (χ2v) is 22.0. The minimum atomic E-state index is -0.479. The molecule has 1 aliphatic carbocycles. The summed E-state index contributed by atoms with van der Waals surface area (Å²) in [7, 11) is 0. The van der Waals surface area contributed by atoms with Crippen LogP contribution in [-0.4, -0.2) is 15.0 Å². The van der Waals surface area contributed by atoms with Crippen LogP contribution in [0.15, 0.2) is 158 Å². The first-order valence-corrected chi connectivity index (χ1v) is 29.4. The first-order chi connectivity index (χ1) is 36.9. The Kier molecular flexibility index (Phi) is 18.8. The SMILES string of the molecule is CCCCCCCCCCCCc1ccc(-c2nc(-c3ccc(C)cc3)nc(-c3ccc(-c4ccc5c(c4)C(c4ccc(CCCCCC)cc4)(c4ccc(CCCCCC)cc4)c4cc(C)ccc4-5)cc3)n2)cc1. The lowest BCUT2D eigenvalue weighted by Crippen LogP contribution is -2.28. The smallest absolute Gasteiger partial charge is 0.164 e. The van der Waals surface area contributed by atoms with E-state index < -0.39 is 5.41 Å². The van der Waals surface area contributed by atoms with Crippen LogP contribution in [0.3, 0.4) is 0 Å². The summed E-state index contributed by atoms with van der Waals surface area (Å²) >= 11 is 0. The Labute approximate surface area is 451 Å². The zero-order valence-corrected chi connectivity index (χ0v) is 46.2. The lowest BCUT2D eigenvalue weighted by Gasteiger charge is -2.34. The van der Waals surface area contributed by atoms with Gasteiger partial charge in [-0.15, -0.1) is 0 Å². The first-order valence-electron chi connectivity index (χ1n) is 29.4. The predicted molar refractivity (Wildman–Crippen MR) is 320 cm³/mol. The Balaban J connectivity index is 1.02. The molecule has 0 amide bonds. The molecule has 0 unspecified atom stereocenters. The van der Waals surface area contributed by atoms with Gasteiger partial charge in [0.05, 0.1) is 5.41 Å². The molecule has 1 heterocycles. The Hall–Kier alpha value is -6.45. The van der Waals surface area contributed by atoms with E-state index in [1.807, 2.05) is 0 Å². The van der Waals surface area contributed by atoms with Gasteiger partial charge >= 0.3 is 0 Å². The first kappa shape index (κ1) is 53.4.